The summed E-state index contributed by atoms with van der Waals surface area (Å²) in [6.45, 7) is 11.2. The third-order valence-corrected chi connectivity index (χ3v) is 7.19. The molecule has 0 fully saturated rings. The van der Waals surface area contributed by atoms with Gasteiger partial charge in [0.05, 0.1) is 6.04 Å². The first-order valence-electron chi connectivity index (χ1n) is 11.6. The number of methoxy groups -OCH3 is 1. The quantitative estimate of drug-likeness (QED) is 0.491. The van der Waals surface area contributed by atoms with Crippen molar-refractivity contribution in [3.8, 4) is 5.00 Å². The first-order chi connectivity index (χ1) is 15.0. The molecule has 172 valence electrons. The lowest BCUT2D eigenvalue weighted by Crippen LogP contribution is -2.39. The maximum absolute atomic E-state index is 12.7. The van der Waals surface area contributed by atoms with E-state index in [0.29, 0.717) is 19.1 Å². The number of rotatable bonds is 11. The Labute approximate surface area is 191 Å². The maximum Gasteiger partial charge on any atom is 0.315 e. The van der Waals surface area contributed by atoms with Crippen molar-refractivity contribution in [2.75, 3.05) is 33.4 Å². The number of ether oxygens (including phenoxy) is 1. The van der Waals surface area contributed by atoms with Crippen LogP contribution >= 0.6 is 11.3 Å². The summed E-state index contributed by atoms with van der Waals surface area (Å²) >= 11 is 1.89. The molecule has 3 rings (SSSR count). The normalized spacial score (nSPS) is 15.1. The van der Waals surface area contributed by atoms with Crippen LogP contribution in [0.1, 0.15) is 62.1 Å². The van der Waals surface area contributed by atoms with Crippen LogP contribution in [0.5, 0.6) is 0 Å². The molecule has 0 aromatic carbocycles. The lowest BCUT2D eigenvalue weighted by Gasteiger charge is -2.28. The van der Waals surface area contributed by atoms with Gasteiger partial charge in [0, 0.05) is 56.2 Å². The summed E-state index contributed by atoms with van der Waals surface area (Å²) in [5.74, 6) is 0.592. The highest BCUT2D eigenvalue weighted by atomic mass is 32.1. The van der Waals surface area contributed by atoms with Crippen molar-refractivity contribution < 1.29 is 9.53 Å². The molecule has 0 spiro atoms. The molecule has 2 N–H and O–H groups in total. The van der Waals surface area contributed by atoms with Gasteiger partial charge in [-0.25, -0.2) is 4.79 Å². The average molecular weight is 447 g/mol. The molecule has 2 amide bonds. The van der Waals surface area contributed by atoms with Gasteiger partial charge in [0.15, 0.2) is 0 Å². The number of amides is 2. The van der Waals surface area contributed by atoms with Crippen molar-refractivity contribution in [2.24, 2.45) is 5.92 Å². The summed E-state index contributed by atoms with van der Waals surface area (Å²) in [6.07, 6.45) is 8.11. The number of aromatic nitrogens is 1. The Morgan fingerprint density at radius 3 is 2.71 bits per heavy atom. The van der Waals surface area contributed by atoms with Gasteiger partial charge < -0.3 is 19.9 Å². The third kappa shape index (κ3) is 6.34. The van der Waals surface area contributed by atoms with Crippen LogP contribution in [-0.2, 0) is 17.7 Å². The highest BCUT2D eigenvalue weighted by Gasteiger charge is 2.29. The second-order valence-electron chi connectivity index (χ2n) is 8.70. The molecule has 7 heteroatoms. The molecule has 0 saturated heterocycles. The fourth-order valence-corrected chi connectivity index (χ4v) is 5.59. The van der Waals surface area contributed by atoms with Crippen molar-refractivity contribution in [3.05, 3.63) is 40.5 Å². The number of likely N-dealkylation sites (N-methyl/N-ethyl adjacent to an activating group) is 1. The minimum atomic E-state index is -0.0886. The van der Waals surface area contributed by atoms with Crippen molar-refractivity contribution in [1.82, 2.24) is 20.1 Å². The summed E-state index contributed by atoms with van der Waals surface area (Å²) in [4.78, 5) is 16.7. The smallest absolute Gasteiger partial charge is 0.315 e. The fraction of sp³-hybridized carbons (Fsp3) is 0.625. The van der Waals surface area contributed by atoms with Gasteiger partial charge in [0.25, 0.3) is 0 Å². The Hall–Kier alpha value is -1.83. The van der Waals surface area contributed by atoms with Crippen LogP contribution in [0.3, 0.4) is 0 Å². The largest absolute Gasteiger partial charge is 0.385 e. The molecule has 2 aromatic rings. The summed E-state index contributed by atoms with van der Waals surface area (Å²) in [7, 11) is 1.68. The number of nitrogens with one attached hydrogen (secondary N) is 2. The molecule has 6 nitrogen and oxygen atoms in total. The van der Waals surface area contributed by atoms with E-state index in [2.05, 4.69) is 65.4 Å². The second-order valence-corrected chi connectivity index (χ2v) is 9.79. The zero-order valence-corrected chi connectivity index (χ0v) is 20.3. The van der Waals surface area contributed by atoms with Crippen molar-refractivity contribution in [3.63, 3.8) is 0 Å². The molecular formula is C24H38N4O2S. The third-order valence-electron chi connectivity index (χ3n) is 5.94. The molecule has 0 bridgehead atoms. The SMILES string of the molecule is CCN1CCc2c(sc(-n3cccc3)c2C(CCC(C)C)NC(=O)NCCCOC)C1. The monoisotopic (exact) mass is 446 g/mol. The molecular weight excluding hydrogens is 408 g/mol. The zero-order chi connectivity index (χ0) is 22.2. The molecule has 2 aromatic heterocycles. The van der Waals surface area contributed by atoms with Gasteiger partial charge in [-0.05, 0) is 55.8 Å². The van der Waals surface area contributed by atoms with E-state index in [1.54, 1.807) is 7.11 Å². The number of fused-ring (bicyclic) bond motifs is 1. The van der Waals surface area contributed by atoms with E-state index in [1.165, 1.54) is 21.0 Å². The number of carbonyl (C=O) groups is 1. The minimum absolute atomic E-state index is 0.00963. The Kier molecular flexibility index (Phi) is 8.99. The number of urea groups is 1. The van der Waals surface area contributed by atoms with Gasteiger partial charge in [-0.15, -0.1) is 11.3 Å². The first kappa shape index (κ1) is 23.8. The standard InChI is InChI=1S/C24H38N4O2S/c1-5-27-15-11-19-21(17-27)31-23(28-13-6-7-14-28)22(19)20(10-9-18(2)3)26-24(29)25-12-8-16-30-4/h6-7,13-14,18,20H,5,8-12,15-17H2,1-4H3,(H2,25,26,29). The number of hydrogen-bond acceptors (Lipinski definition) is 4. The van der Waals surface area contributed by atoms with Crippen molar-refractivity contribution >= 4 is 17.4 Å². The number of hydrogen-bond donors (Lipinski definition) is 2. The maximum atomic E-state index is 12.7. The lowest BCUT2D eigenvalue weighted by atomic mass is 9.92. The van der Waals surface area contributed by atoms with Gasteiger partial charge in [0.2, 0.25) is 0 Å². The molecule has 1 unspecified atom stereocenters. The van der Waals surface area contributed by atoms with Gasteiger partial charge in [-0.3, -0.25) is 4.90 Å². The summed E-state index contributed by atoms with van der Waals surface area (Å²) in [5.41, 5.74) is 2.77. The second kappa shape index (κ2) is 11.7. The van der Waals surface area contributed by atoms with Crippen LogP contribution in [0, 0.1) is 5.92 Å². The fourth-order valence-electron chi connectivity index (χ4n) is 4.17. The van der Waals surface area contributed by atoms with E-state index in [1.807, 2.05) is 11.3 Å². The topological polar surface area (TPSA) is 58.5 Å². The number of nitrogens with zero attached hydrogens (tertiary/aromatic N) is 2. The molecule has 1 aliphatic rings. The van der Waals surface area contributed by atoms with Crippen LogP contribution < -0.4 is 10.6 Å². The molecule has 3 heterocycles. The van der Waals surface area contributed by atoms with Gasteiger partial charge in [-0.2, -0.15) is 0 Å². The molecule has 0 saturated carbocycles. The molecule has 0 aliphatic carbocycles. The van der Waals surface area contributed by atoms with E-state index in [4.69, 9.17) is 4.74 Å². The van der Waals surface area contributed by atoms with E-state index in [0.717, 1.165) is 45.3 Å². The van der Waals surface area contributed by atoms with Gasteiger partial charge in [-0.1, -0.05) is 20.8 Å². The van der Waals surface area contributed by atoms with E-state index < -0.39 is 0 Å². The van der Waals surface area contributed by atoms with Crippen molar-refractivity contribution in [1.29, 1.82) is 0 Å². The Bertz CT molecular complexity index is 816. The molecule has 1 aliphatic heterocycles. The van der Waals surface area contributed by atoms with E-state index >= 15 is 0 Å². The van der Waals surface area contributed by atoms with Gasteiger partial charge in [0.1, 0.15) is 5.00 Å². The minimum Gasteiger partial charge on any atom is -0.385 e. The van der Waals surface area contributed by atoms with Crippen LogP contribution in [-0.4, -0.2) is 48.8 Å². The highest BCUT2D eigenvalue weighted by molar-refractivity contribution is 7.15. The zero-order valence-electron chi connectivity index (χ0n) is 19.4. The molecule has 1 atom stereocenters. The van der Waals surface area contributed by atoms with E-state index in [9.17, 15) is 4.79 Å². The first-order valence-corrected chi connectivity index (χ1v) is 12.4. The number of thiophene rings is 1. The van der Waals surface area contributed by atoms with Crippen LogP contribution in [0.25, 0.3) is 5.00 Å². The van der Waals surface area contributed by atoms with Crippen LogP contribution in [0.4, 0.5) is 4.79 Å². The molecule has 0 radical (unpaired) electrons. The van der Waals surface area contributed by atoms with Crippen LogP contribution in [0.15, 0.2) is 24.5 Å². The highest BCUT2D eigenvalue weighted by Crippen LogP contribution is 2.40. The summed E-state index contributed by atoms with van der Waals surface area (Å²) in [5, 5.41) is 7.58. The van der Waals surface area contributed by atoms with Gasteiger partial charge >= 0.3 is 6.03 Å². The van der Waals surface area contributed by atoms with E-state index in [-0.39, 0.29) is 12.1 Å². The van der Waals surface area contributed by atoms with Crippen LogP contribution in [0.2, 0.25) is 0 Å². The average Bonchev–Trinajstić information content (AvgIpc) is 3.41. The summed E-state index contributed by atoms with van der Waals surface area (Å²) < 4.78 is 7.31. The predicted octanol–water partition coefficient (Wildman–Crippen LogP) is 4.73. The Balaban J connectivity index is 1.89. The molecule has 31 heavy (non-hydrogen) atoms. The Morgan fingerprint density at radius 2 is 2.03 bits per heavy atom. The van der Waals surface area contributed by atoms with Crippen molar-refractivity contribution in [2.45, 2.75) is 59.0 Å². The summed E-state index contributed by atoms with van der Waals surface area (Å²) in [6, 6.07) is 4.06. The Morgan fingerprint density at radius 1 is 1.26 bits per heavy atom. The number of carbonyl (C=O) groups excluding carboxylic acids is 1. The predicted molar refractivity (Wildman–Crippen MR) is 128 cm³/mol. The lowest BCUT2D eigenvalue weighted by molar-refractivity contribution is 0.193.